The van der Waals surface area contributed by atoms with Gasteiger partial charge in [0, 0.05) is 13.1 Å². The molecule has 0 unspecified atom stereocenters. The Balaban J connectivity index is 1.71. The van der Waals surface area contributed by atoms with Gasteiger partial charge in [-0.15, -0.1) is 0 Å². The van der Waals surface area contributed by atoms with E-state index in [9.17, 15) is 13.6 Å². The highest BCUT2D eigenvalue weighted by Crippen LogP contribution is 2.15. The lowest BCUT2D eigenvalue weighted by Crippen LogP contribution is -2.41. The van der Waals surface area contributed by atoms with Crippen molar-refractivity contribution in [3.05, 3.63) is 29.8 Å². The van der Waals surface area contributed by atoms with Gasteiger partial charge in [-0.05, 0) is 43.5 Å². The average Bonchev–Trinajstić information content (AvgIpc) is 2.49. The number of rotatable bonds is 6. The van der Waals surface area contributed by atoms with Crippen molar-refractivity contribution >= 4 is 5.91 Å². The third-order valence-electron chi connectivity index (χ3n) is 3.53. The third-order valence-corrected chi connectivity index (χ3v) is 3.53. The lowest BCUT2D eigenvalue weighted by atomic mass is 9.99. The second-order valence-corrected chi connectivity index (χ2v) is 5.11. The molecule has 1 fully saturated rings. The smallest absolute Gasteiger partial charge is 0.387 e. The SMILES string of the molecule is O=C(NCCc1ccc(OC(F)F)cc1)[C@@H]1CCCNC1. The summed E-state index contributed by atoms with van der Waals surface area (Å²) in [6.45, 7) is -0.536. The minimum atomic E-state index is -2.81. The van der Waals surface area contributed by atoms with Gasteiger partial charge in [-0.2, -0.15) is 8.78 Å². The summed E-state index contributed by atoms with van der Waals surface area (Å²) >= 11 is 0. The quantitative estimate of drug-likeness (QED) is 0.844. The summed E-state index contributed by atoms with van der Waals surface area (Å²) in [7, 11) is 0. The third kappa shape index (κ3) is 5.30. The zero-order valence-electron chi connectivity index (χ0n) is 11.8. The molecule has 1 aromatic rings. The minimum absolute atomic E-state index is 0.0561. The van der Waals surface area contributed by atoms with Gasteiger partial charge in [0.2, 0.25) is 5.91 Å². The number of piperidine rings is 1. The molecule has 2 rings (SSSR count). The van der Waals surface area contributed by atoms with Crippen LogP contribution < -0.4 is 15.4 Å². The Morgan fingerprint density at radius 1 is 1.38 bits per heavy atom. The lowest BCUT2D eigenvalue weighted by molar-refractivity contribution is -0.125. The lowest BCUT2D eigenvalue weighted by Gasteiger charge is -2.21. The predicted molar refractivity (Wildman–Crippen MR) is 75.4 cm³/mol. The van der Waals surface area contributed by atoms with E-state index in [0.717, 1.165) is 31.5 Å². The van der Waals surface area contributed by atoms with Crippen LogP contribution in [-0.2, 0) is 11.2 Å². The number of alkyl halides is 2. The summed E-state index contributed by atoms with van der Waals surface area (Å²) in [6.07, 6.45) is 2.63. The van der Waals surface area contributed by atoms with E-state index in [1.54, 1.807) is 12.1 Å². The number of nitrogens with one attached hydrogen (secondary N) is 2. The van der Waals surface area contributed by atoms with E-state index in [-0.39, 0.29) is 17.6 Å². The van der Waals surface area contributed by atoms with Crippen molar-refractivity contribution in [2.75, 3.05) is 19.6 Å². The zero-order valence-corrected chi connectivity index (χ0v) is 11.8. The van der Waals surface area contributed by atoms with Crippen molar-refractivity contribution in [2.24, 2.45) is 5.92 Å². The molecule has 1 aliphatic rings. The van der Waals surface area contributed by atoms with Crippen molar-refractivity contribution in [1.29, 1.82) is 0 Å². The van der Waals surface area contributed by atoms with Crippen molar-refractivity contribution in [3.63, 3.8) is 0 Å². The Morgan fingerprint density at radius 2 is 2.14 bits per heavy atom. The molecule has 0 saturated carbocycles. The molecule has 1 aromatic carbocycles. The molecule has 0 bridgehead atoms. The van der Waals surface area contributed by atoms with Crippen LogP contribution in [0.4, 0.5) is 8.78 Å². The number of benzene rings is 1. The predicted octanol–water partition coefficient (Wildman–Crippen LogP) is 1.95. The van der Waals surface area contributed by atoms with Crippen molar-refractivity contribution in [1.82, 2.24) is 10.6 Å². The van der Waals surface area contributed by atoms with E-state index in [0.29, 0.717) is 13.0 Å². The summed E-state index contributed by atoms with van der Waals surface area (Å²) in [6, 6.07) is 6.47. The second kappa shape index (κ2) is 7.93. The normalized spacial score (nSPS) is 18.5. The van der Waals surface area contributed by atoms with Crippen molar-refractivity contribution < 1.29 is 18.3 Å². The van der Waals surface area contributed by atoms with Gasteiger partial charge in [0.05, 0.1) is 5.92 Å². The van der Waals surface area contributed by atoms with E-state index < -0.39 is 6.61 Å². The Kier molecular flexibility index (Phi) is 5.92. The highest BCUT2D eigenvalue weighted by molar-refractivity contribution is 5.78. The Hall–Kier alpha value is -1.69. The van der Waals surface area contributed by atoms with Crippen LogP contribution in [-0.4, -0.2) is 32.2 Å². The molecular formula is C15H20F2N2O2. The molecule has 0 spiro atoms. The summed E-state index contributed by atoms with van der Waals surface area (Å²) in [5.74, 6) is 0.284. The molecule has 1 aliphatic heterocycles. The van der Waals surface area contributed by atoms with Crippen LogP contribution in [0.25, 0.3) is 0 Å². The fourth-order valence-corrected chi connectivity index (χ4v) is 2.39. The van der Waals surface area contributed by atoms with Crippen LogP contribution in [0.5, 0.6) is 5.75 Å². The minimum Gasteiger partial charge on any atom is -0.435 e. The van der Waals surface area contributed by atoms with Crippen LogP contribution in [0.1, 0.15) is 18.4 Å². The van der Waals surface area contributed by atoms with Gasteiger partial charge in [0.1, 0.15) is 5.75 Å². The number of carbonyl (C=O) groups excluding carboxylic acids is 1. The maximum Gasteiger partial charge on any atom is 0.387 e. The van der Waals surface area contributed by atoms with E-state index >= 15 is 0 Å². The van der Waals surface area contributed by atoms with E-state index in [1.807, 2.05) is 0 Å². The summed E-state index contributed by atoms with van der Waals surface area (Å²) in [5.41, 5.74) is 0.971. The molecule has 4 nitrogen and oxygen atoms in total. The topological polar surface area (TPSA) is 50.4 Å². The Bertz CT molecular complexity index is 445. The second-order valence-electron chi connectivity index (χ2n) is 5.11. The highest BCUT2D eigenvalue weighted by Gasteiger charge is 2.20. The molecule has 116 valence electrons. The number of carbonyl (C=O) groups is 1. The van der Waals surface area contributed by atoms with Crippen LogP contribution in [0, 0.1) is 5.92 Å². The van der Waals surface area contributed by atoms with E-state index in [4.69, 9.17) is 0 Å². The highest BCUT2D eigenvalue weighted by atomic mass is 19.3. The largest absolute Gasteiger partial charge is 0.435 e. The van der Waals surface area contributed by atoms with Gasteiger partial charge in [-0.3, -0.25) is 4.79 Å². The van der Waals surface area contributed by atoms with E-state index in [2.05, 4.69) is 15.4 Å². The molecule has 0 aromatic heterocycles. The molecular weight excluding hydrogens is 278 g/mol. The number of ether oxygens (including phenoxy) is 1. The van der Waals surface area contributed by atoms with Crippen LogP contribution in [0.3, 0.4) is 0 Å². The zero-order chi connectivity index (χ0) is 15.1. The summed E-state index contributed by atoms with van der Waals surface area (Å²) < 4.78 is 28.3. The van der Waals surface area contributed by atoms with Crippen molar-refractivity contribution in [2.45, 2.75) is 25.9 Å². The number of hydrogen-bond acceptors (Lipinski definition) is 3. The average molecular weight is 298 g/mol. The van der Waals surface area contributed by atoms with Gasteiger partial charge in [0.15, 0.2) is 0 Å². The molecule has 21 heavy (non-hydrogen) atoms. The first-order chi connectivity index (χ1) is 10.1. The molecule has 1 saturated heterocycles. The molecule has 1 atom stereocenters. The van der Waals surface area contributed by atoms with Gasteiger partial charge in [0.25, 0.3) is 0 Å². The van der Waals surface area contributed by atoms with Gasteiger partial charge in [-0.25, -0.2) is 0 Å². The van der Waals surface area contributed by atoms with Crippen LogP contribution >= 0.6 is 0 Å². The summed E-state index contributed by atoms with van der Waals surface area (Å²) in [5, 5.41) is 6.13. The number of amides is 1. The molecule has 1 amide bonds. The number of hydrogen-bond donors (Lipinski definition) is 2. The first-order valence-electron chi connectivity index (χ1n) is 7.17. The Labute approximate surface area is 122 Å². The monoisotopic (exact) mass is 298 g/mol. The molecule has 0 aliphatic carbocycles. The molecule has 2 N–H and O–H groups in total. The standard InChI is InChI=1S/C15H20F2N2O2/c16-15(17)21-13-5-3-11(4-6-13)7-9-19-14(20)12-2-1-8-18-10-12/h3-6,12,15,18H,1-2,7-10H2,(H,19,20)/t12-/m1/s1. The van der Waals surface area contributed by atoms with Gasteiger partial charge >= 0.3 is 6.61 Å². The molecule has 0 radical (unpaired) electrons. The fraction of sp³-hybridized carbons (Fsp3) is 0.533. The Morgan fingerprint density at radius 3 is 2.76 bits per heavy atom. The van der Waals surface area contributed by atoms with Crippen molar-refractivity contribution in [3.8, 4) is 5.75 Å². The maximum atomic E-state index is 12.0. The molecule has 1 heterocycles. The van der Waals surface area contributed by atoms with Crippen LogP contribution in [0.2, 0.25) is 0 Å². The number of halogens is 2. The van der Waals surface area contributed by atoms with Crippen LogP contribution in [0.15, 0.2) is 24.3 Å². The fourth-order valence-electron chi connectivity index (χ4n) is 2.39. The first kappa shape index (κ1) is 15.7. The van der Waals surface area contributed by atoms with Gasteiger partial charge < -0.3 is 15.4 Å². The first-order valence-corrected chi connectivity index (χ1v) is 7.17. The van der Waals surface area contributed by atoms with E-state index in [1.165, 1.54) is 12.1 Å². The molecule has 6 heteroatoms. The summed E-state index contributed by atoms with van der Waals surface area (Å²) in [4.78, 5) is 11.9. The maximum absolute atomic E-state index is 12.0. The van der Waals surface area contributed by atoms with Gasteiger partial charge in [-0.1, -0.05) is 12.1 Å².